The number of unbranched alkanes of at least 4 members (excludes halogenated alkanes) is 10. The van der Waals surface area contributed by atoms with Crippen LogP contribution >= 0.6 is 0 Å². The number of nitrogens with zero attached hydrogens (tertiary/aromatic N) is 1. The van der Waals surface area contributed by atoms with E-state index in [1.165, 1.54) is 90.1 Å². The molecule has 0 saturated heterocycles. The fraction of sp³-hybridized carbons (Fsp3) is 0.900. The van der Waals surface area contributed by atoms with Crippen LogP contribution in [0.3, 0.4) is 0 Å². The van der Waals surface area contributed by atoms with Gasteiger partial charge in [0.25, 0.3) is 0 Å². The Bertz CT molecular complexity index is 206. The Morgan fingerprint density at radius 2 is 1.09 bits per heavy atom. The van der Waals surface area contributed by atoms with Gasteiger partial charge in [-0.05, 0) is 32.9 Å². The third kappa shape index (κ3) is 18.3. The molecule has 0 fully saturated rings. The van der Waals surface area contributed by atoms with E-state index in [4.69, 9.17) is 0 Å². The van der Waals surface area contributed by atoms with E-state index in [2.05, 4.69) is 37.8 Å². The molecule has 0 N–H and O–H groups in total. The molecule has 0 heterocycles. The standard InChI is InChI=1S/C20H41N.Li.H/c1-4-7-10-12-14-16-19-21(18-9-6-3)20-17-15-13-11-8-5-2;;/h6,9H,4-5,7-8,10-20H2,1-3H3;;/q;+1;-1/b9-6+;;. The molecule has 0 aromatic rings. The molecule has 0 aliphatic rings. The first-order chi connectivity index (χ1) is 10.3. The Labute approximate surface area is 155 Å². The molecule has 0 aromatic carbocycles. The topological polar surface area (TPSA) is 3.24 Å². The van der Waals surface area contributed by atoms with Gasteiger partial charge in [-0.25, -0.2) is 0 Å². The summed E-state index contributed by atoms with van der Waals surface area (Å²) in [5.41, 5.74) is 0. The summed E-state index contributed by atoms with van der Waals surface area (Å²) in [5, 5.41) is 0. The molecular formula is C20H42LiN. The molecule has 0 spiro atoms. The molecule has 0 radical (unpaired) electrons. The van der Waals surface area contributed by atoms with E-state index < -0.39 is 0 Å². The van der Waals surface area contributed by atoms with Crippen molar-refractivity contribution in [3.63, 3.8) is 0 Å². The van der Waals surface area contributed by atoms with Gasteiger partial charge in [-0.2, -0.15) is 0 Å². The van der Waals surface area contributed by atoms with Crippen molar-refractivity contribution in [2.45, 2.75) is 97.8 Å². The maximum absolute atomic E-state index is 2.65. The number of hydrogen-bond donors (Lipinski definition) is 0. The second-order valence-electron chi connectivity index (χ2n) is 6.41. The van der Waals surface area contributed by atoms with Gasteiger partial charge in [0.1, 0.15) is 0 Å². The molecule has 0 rings (SSSR count). The largest absolute Gasteiger partial charge is 1.00 e. The van der Waals surface area contributed by atoms with Crippen LogP contribution in [0.15, 0.2) is 12.2 Å². The predicted octanol–water partition coefficient (Wildman–Crippen LogP) is 3.70. The second-order valence-corrected chi connectivity index (χ2v) is 6.41. The summed E-state index contributed by atoms with van der Waals surface area (Å²) in [4.78, 5) is 2.65. The van der Waals surface area contributed by atoms with Crippen molar-refractivity contribution in [2.75, 3.05) is 19.6 Å². The van der Waals surface area contributed by atoms with Gasteiger partial charge in [0.2, 0.25) is 0 Å². The zero-order valence-corrected chi connectivity index (χ0v) is 16.2. The van der Waals surface area contributed by atoms with Crippen molar-refractivity contribution in [2.24, 2.45) is 0 Å². The van der Waals surface area contributed by atoms with Crippen molar-refractivity contribution in [1.29, 1.82) is 0 Å². The molecule has 2 heteroatoms. The van der Waals surface area contributed by atoms with Crippen molar-refractivity contribution < 1.29 is 20.3 Å². The molecule has 0 amide bonds. The van der Waals surface area contributed by atoms with Crippen molar-refractivity contribution in [3.05, 3.63) is 12.2 Å². The maximum Gasteiger partial charge on any atom is 1.00 e. The third-order valence-electron chi connectivity index (χ3n) is 4.26. The second kappa shape index (κ2) is 21.3. The van der Waals surface area contributed by atoms with Gasteiger partial charge in [-0.3, -0.25) is 4.90 Å². The van der Waals surface area contributed by atoms with Gasteiger partial charge in [0.05, 0.1) is 0 Å². The first-order valence-electron chi connectivity index (χ1n) is 9.68. The Kier molecular flexibility index (Phi) is 23.8. The van der Waals surface area contributed by atoms with Crippen LogP contribution in [0.5, 0.6) is 0 Å². The summed E-state index contributed by atoms with van der Waals surface area (Å²) in [5.74, 6) is 0. The molecule has 0 aromatic heterocycles. The fourth-order valence-corrected chi connectivity index (χ4v) is 2.78. The zero-order chi connectivity index (χ0) is 15.6. The Morgan fingerprint density at radius 3 is 1.50 bits per heavy atom. The van der Waals surface area contributed by atoms with Crippen LogP contribution in [-0.2, 0) is 0 Å². The minimum absolute atomic E-state index is 0. The molecule has 128 valence electrons. The Hall–Kier alpha value is 0.297. The summed E-state index contributed by atoms with van der Waals surface area (Å²) in [6, 6.07) is 0. The van der Waals surface area contributed by atoms with Gasteiger partial charge in [-0.1, -0.05) is 90.2 Å². The number of hydrogen-bond acceptors (Lipinski definition) is 1. The van der Waals surface area contributed by atoms with Crippen molar-refractivity contribution >= 4 is 0 Å². The Balaban J connectivity index is -0.00000200. The fourth-order valence-electron chi connectivity index (χ4n) is 2.78. The van der Waals surface area contributed by atoms with Crippen LogP contribution < -0.4 is 18.9 Å². The molecule has 0 aliphatic heterocycles. The minimum atomic E-state index is 0. The SMILES string of the molecule is C/C=C/CN(CCCCCCCC)CCCCCCCC.[H-].[Li+]. The monoisotopic (exact) mass is 303 g/mol. The van der Waals surface area contributed by atoms with Gasteiger partial charge >= 0.3 is 18.9 Å². The molecule has 0 aliphatic carbocycles. The molecular weight excluding hydrogens is 261 g/mol. The van der Waals surface area contributed by atoms with Gasteiger partial charge in [0, 0.05) is 6.54 Å². The molecule has 22 heavy (non-hydrogen) atoms. The average molecular weight is 304 g/mol. The predicted molar refractivity (Wildman–Crippen MR) is 99.1 cm³/mol. The number of allylic oxidation sites excluding steroid dienone is 1. The van der Waals surface area contributed by atoms with Crippen LogP contribution in [0, 0.1) is 0 Å². The summed E-state index contributed by atoms with van der Waals surface area (Å²) in [6.45, 7) is 10.5. The molecule has 0 atom stereocenters. The van der Waals surface area contributed by atoms with E-state index in [9.17, 15) is 0 Å². The summed E-state index contributed by atoms with van der Waals surface area (Å²) in [7, 11) is 0. The van der Waals surface area contributed by atoms with Gasteiger partial charge in [-0.15, -0.1) is 0 Å². The van der Waals surface area contributed by atoms with Gasteiger partial charge in [0.15, 0.2) is 0 Å². The van der Waals surface area contributed by atoms with E-state index in [1.807, 2.05) is 0 Å². The van der Waals surface area contributed by atoms with Crippen LogP contribution in [0.2, 0.25) is 0 Å². The first-order valence-corrected chi connectivity index (χ1v) is 9.68. The van der Waals surface area contributed by atoms with E-state index in [-0.39, 0.29) is 20.3 Å². The zero-order valence-electron chi connectivity index (χ0n) is 17.2. The summed E-state index contributed by atoms with van der Waals surface area (Å²) in [6.07, 6.45) is 21.4. The van der Waals surface area contributed by atoms with Gasteiger partial charge < -0.3 is 1.43 Å². The van der Waals surface area contributed by atoms with Crippen LogP contribution in [-0.4, -0.2) is 24.5 Å². The molecule has 0 bridgehead atoms. The average Bonchev–Trinajstić information content (AvgIpc) is 2.50. The molecule has 0 unspecified atom stereocenters. The minimum Gasteiger partial charge on any atom is -1.00 e. The van der Waals surface area contributed by atoms with Crippen LogP contribution in [0.25, 0.3) is 0 Å². The first kappa shape index (κ1) is 24.5. The van der Waals surface area contributed by atoms with E-state index in [0.717, 1.165) is 6.54 Å². The van der Waals surface area contributed by atoms with Crippen molar-refractivity contribution in [3.8, 4) is 0 Å². The quantitative estimate of drug-likeness (QED) is 0.239. The summed E-state index contributed by atoms with van der Waals surface area (Å²) < 4.78 is 0. The molecule has 0 saturated carbocycles. The molecule has 1 nitrogen and oxygen atoms in total. The maximum atomic E-state index is 2.65. The van der Waals surface area contributed by atoms with E-state index in [0.29, 0.717) is 0 Å². The number of rotatable bonds is 16. The van der Waals surface area contributed by atoms with E-state index >= 15 is 0 Å². The summed E-state index contributed by atoms with van der Waals surface area (Å²) >= 11 is 0. The smallest absolute Gasteiger partial charge is 1.00 e. The van der Waals surface area contributed by atoms with E-state index in [1.54, 1.807) is 0 Å². The third-order valence-corrected chi connectivity index (χ3v) is 4.26. The Morgan fingerprint density at radius 1 is 0.682 bits per heavy atom. The normalized spacial score (nSPS) is 11.3. The van der Waals surface area contributed by atoms with Crippen LogP contribution in [0.1, 0.15) is 99.2 Å². The van der Waals surface area contributed by atoms with Crippen LogP contribution in [0.4, 0.5) is 0 Å². The van der Waals surface area contributed by atoms with Crippen molar-refractivity contribution in [1.82, 2.24) is 4.90 Å².